The predicted molar refractivity (Wildman–Crippen MR) is 152 cm³/mol. The van der Waals surface area contributed by atoms with Gasteiger partial charge in [-0.15, -0.1) is 11.3 Å². The average molecular weight is 512 g/mol. The number of fused-ring (bicyclic) bond motifs is 2. The van der Waals surface area contributed by atoms with Crippen LogP contribution in [-0.2, 0) is 12.8 Å². The molecule has 1 aliphatic rings. The molecule has 0 saturated carbocycles. The lowest BCUT2D eigenvalue weighted by molar-refractivity contribution is 0.0999. The van der Waals surface area contributed by atoms with E-state index in [9.17, 15) is 9.59 Å². The van der Waals surface area contributed by atoms with Gasteiger partial charge in [0, 0.05) is 15.8 Å². The van der Waals surface area contributed by atoms with Crippen LogP contribution < -0.4 is 11.1 Å². The summed E-state index contributed by atoms with van der Waals surface area (Å²) >= 11 is 1.50. The molecule has 0 saturated heterocycles. The zero-order valence-electron chi connectivity index (χ0n) is 21.9. The van der Waals surface area contributed by atoms with Crippen LogP contribution in [0.4, 0.5) is 5.00 Å². The Kier molecular flexibility index (Phi) is 6.63. The van der Waals surface area contributed by atoms with Crippen LogP contribution in [0.2, 0.25) is 0 Å². The van der Waals surface area contributed by atoms with E-state index in [4.69, 9.17) is 10.7 Å². The van der Waals surface area contributed by atoms with Gasteiger partial charge in [0.1, 0.15) is 5.00 Å². The molecule has 4 aromatic rings. The summed E-state index contributed by atoms with van der Waals surface area (Å²) in [5.41, 5.74) is 11.6. The molecule has 2 aromatic heterocycles. The van der Waals surface area contributed by atoms with E-state index >= 15 is 0 Å². The molecule has 0 spiro atoms. The largest absolute Gasteiger partial charge is 0.365 e. The minimum absolute atomic E-state index is 0.222. The summed E-state index contributed by atoms with van der Waals surface area (Å²) in [6.45, 7) is 8.89. The summed E-state index contributed by atoms with van der Waals surface area (Å²) in [6.07, 6.45) is 3.84. The predicted octanol–water partition coefficient (Wildman–Crippen LogP) is 7.16. The molecule has 0 aliphatic heterocycles. The number of hydrogen-bond acceptors (Lipinski definition) is 4. The van der Waals surface area contributed by atoms with E-state index in [1.165, 1.54) is 16.2 Å². The Hall–Kier alpha value is -3.51. The second-order valence-electron chi connectivity index (χ2n) is 10.7. The Labute approximate surface area is 222 Å². The van der Waals surface area contributed by atoms with E-state index in [1.54, 1.807) is 0 Å². The number of aromatic nitrogens is 1. The normalized spacial score (nSPS) is 15.4. The molecule has 3 N–H and O–H groups in total. The van der Waals surface area contributed by atoms with Gasteiger partial charge in [0.2, 0.25) is 0 Å². The first kappa shape index (κ1) is 25.2. The number of pyridine rings is 1. The molecule has 1 atom stereocenters. The van der Waals surface area contributed by atoms with Crippen LogP contribution in [0.5, 0.6) is 0 Å². The number of anilines is 1. The molecule has 5 nitrogen and oxygen atoms in total. The molecule has 5 rings (SSSR count). The number of carbonyl (C=O) groups excluding carboxylic acids is 2. The van der Waals surface area contributed by atoms with Gasteiger partial charge in [-0.05, 0) is 60.8 Å². The molecule has 6 heteroatoms. The van der Waals surface area contributed by atoms with Crippen molar-refractivity contribution in [1.82, 2.24) is 4.98 Å². The first-order valence-electron chi connectivity index (χ1n) is 12.9. The number of thiophene rings is 1. The van der Waals surface area contributed by atoms with Crippen molar-refractivity contribution in [3.05, 3.63) is 81.7 Å². The summed E-state index contributed by atoms with van der Waals surface area (Å²) in [5, 5.41) is 4.39. The Morgan fingerprint density at radius 1 is 1.14 bits per heavy atom. The van der Waals surface area contributed by atoms with Crippen LogP contribution in [0.1, 0.15) is 70.3 Å². The molecule has 2 aromatic carbocycles. The van der Waals surface area contributed by atoms with Crippen molar-refractivity contribution in [1.29, 1.82) is 0 Å². The summed E-state index contributed by atoms with van der Waals surface area (Å²) in [7, 11) is 0. The van der Waals surface area contributed by atoms with Gasteiger partial charge in [-0.25, -0.2) is 4.98 Å². The van der Waals surface area contributed by atoms with Crippen molar-refractivity contribution < 1.29 is 9.59 Å². The van der Waals surface area contributed by atoms with E-state index in [-0.39, 0.29) is 11.3 Å². The van der Waals surface area contributed by atoms with Crippen molar-refractivity contribution in [2.45, 2.75) is 53.4 Å². The second-order valence-corrected chi connectivity index (χ2v) is 11.8. The smallest absolute Gasteiger partial charge is 0.257 e. The maximum Gasteiger partial charge on any atom is 0.257 e. The van der Waals surface area contributed by atoms with Gasteiger partial charge in [-0.2, -0.15) is 0 Å². The van der Waals surface area contributed by atoms with E-state index < -0.39 is 5.91 Å². The Balaban J connectivity index is 1.55. The highest BCUT2D eigenvalue weighted by atomic mass is 32.1. The van der Waals surface area contributed by atoms with Crippen LogP contribution in [0.15, 0.2) is 54.6 Å². The zero-order chi connectivity index (χ0) is 26.3. The quantitative estimate of drug-likeness (QED) is 0.288. The monoisotopic (exact) mass is 511 g/mol. The third kappa shape index (κ3) is 4.66. The van der Waals surface area contributed by atoms with Crippen LogP contribution in [-0.4, -0.2) is 16.8 Å². The molecule has 1 aliphatic carbocycles. The minimum atomic E-state index is -0.485. The molecule has 37 heavy (non-hydrogen) atoms. The maximum atomic E-state index is 13.8. The number of aryl methyl sites for hydroxylation is 1. The first-order chi connectivity index (χ1) is 17.7. The Morgan fingerprint density at radius 3 is 2.59 bits per heavy atom. The fourth-order valence-corrected chi connectivity index (χ4v) is 6.75. The maximum absolute atomic E-state index is 13.8. The topological polar surface area (TPSA) is 85.1 Å². The number of rotatable bonds is 6. The van der Waals surface area contributed by atoms with Crippen LogP contribution in [0, 0.1) is 18.3 Å². The number of hydrogen-bond donors (Lipinski definition) is 2. The molecule has 0 radical (unpaired) electrons. The fourth-order valence-electron chi connectivity index (χ4n) is 5.42. The van der Waals surface area contributed by atoms with Gasteiger partial charge < -0.3 is 11.1 Å². The lowest BCUT2D eigenvalue weighted by atomic mass is 9.69. The van der Waals surface area contributed by atoms with Gasteiger partial charge >= 0.3 is 0 Å². The lowest BCUT2D eigenvalue weighted by Gasteiger charge is -2.36. The van der Waals surface area contributed by atoms with Crippen LogP contribution in [0.3, 0.4) is 0 Å². The highest BCUT2D eigenvalue weighted by molar-refractivity contribution is 7.17. The number of para-hydroxylation sites is 1. The third-order valence-corrected chi connectivity index (χ3v) is 9.31. The summed E-state index contributed by atoms with van der Waals surface area (Å²) in [5.74, 6) is -0.213. The average Bonchev–Trinajstić information content (AvgIpc) is 3.25. The number of nitrogens with two attached hydrogens (primary N) is 1. The molecule has 2 amide bonds. The molecule has 0 bridgehead atoms. The molecule has 1 unspecified atom stereocenters. The fraction of sp³-hybridized carbons (Fsp3) is 0.323. The second kappa shape index (κ2) is 9.75. The number of primary amides is 1. The molecule has 0 fully saturated rings. The van der Waals surface area contributed by atoms with Gasteiger partial charge in [-0.1, -0.05) is 69.7 Å². The standard InChI is InChI=1S/C31H33N3O2S/c1-5-31(3,4)19-14-15-22-26(16-19)37-30(27(22)28(32)35)34-29(36)23-17-25(20-11-7-6-10-18(20)2)33-24-13-9-8-12-21(23)24/h6-13,17,19H,5,14-16H2,1-4H3,(H2,32,35)(H,34,36). The van der Waals surface area contributed by atoms with Crippen LogP contribution in [0.25, 0.3) is 22.2 Å². The highest BCUT2D eigenvalue weighted by Crippen LogP contribution is 2.45. The Bertz CT molecular complexity index is 1520. The molecular weight excluding hydrogens is 478 g/mol. The van der Waals surface area contributed by atoms with Crippen LogP contribution >= 0.6 is 11.3 Å². The van der Waals surface area contributed by atoms with Crippen molar-refractivity contribution in [3.63, 3.8) is 0 Å². The first-order valence-corrected chi connectivity index (χ1v) is 13.7. The van der Waals surface area contributed by atoms with E-state index in [1.807, 2.05) is 61.5 Å². The van der Waals surface area contributed by atoms with Gasteiger partial charge in [0.05, 0.1) is 22.3 Å². The minimum Gasteiger partial charge on any atom is -0.365 e. The number of nitrogens with zero attached hydrogens (tertiary/aromatic N) is 1. The summed E-state index contributed by atoms with van der Waals surface area (Å²) < 4.78 is 0. The molecule has 2 heterocycles. The zero-order valence-corrected chi connectivity index (χ0v) is 22.7. The van der Waals surface area contributed by atoms with Gasteiger partial charge in [0.15, 0.2) is 0 Å². The number of benzene rings is 2. The number of carbonyl (C=O) groups is 2. The van der Waals surface area contributed by atoms with Crippen molar-refractivity contribution in [3.8, 4) is 11.3 Å². The van der Waals surface area contributed by atoms with E-state index in [0.29, 0.717) is 22.0 Å². The SMILES string of the molecule is CCC(C)(C)C1CCc2c(sc(NC(=O)c3cc(-c4ccccc4C)nc4ccccc34)c2C(N)=O)C1. The highest BCUT2D eigenvalue weighted by Gasteiger charge is 2.35. The van der Waals surface area contributed by atoms with Crippen molar-refractivity contribution in [2.75, 3.05) is 5.32 Å². The number of amides is 2. The lowest BCUT2D eigenvalue weighted by Crippen LogP contribution is -2.29. The number of nitrogens with one attached hydrogen (secondary N) is 1. The molecule has 190 valence electrons. The van der Waals surface area contributed by atoms with Crippen molar-refractivity contribution in [2.24, 2.45) is 17.1 Å². The van der Waals surface area contributed by atoms with Crippen molar-refractivity contribution >= 4 is 39.1 Å². The summed E-state index contributed by atoms with van der Waals surface area (Å²) in [6, 6.07) is 17.5. The van der Waals surface area contributed by atoms with E-state index in [2.05, 4.69) is 26.1 Å². The van der Waals surface area contributed by atoms with Gasteiger partial charge in [-0.3, -0.25) is 9.59 Å². The third-order valence-electron chi connectivity index (χ3n) is 8.14. The molecular formula is C31H33N3O2S. The van der Waals surface area contributed by atoms with E-state index in [0.717, 1.165) is 59.0 Å². The Morgan fingerprint density at radius 2 is 1.86 bits per heavy atom. The summed E-state index contributed by atoms with van der Waals surface area (Å²) in [4.78, 5) is 32.3. The van der Waals surface area contributed by atoms with Gasteiger partial charge in [0.25, 0.3) is 11.8 Å².